The van der Waals surface area contributed by atoms with Crippen LogP contribution in [0.3, 0.4) is 0 Å². The molecule has 1 aliphatic heterocycles. The van der Waals surface area contributed by atoms with Crippen molar-refractivity contribution >= 4 is 64.0 Å². The average molecular weight is 423 g/mol. The van der Waals surface area contributed by atoms with Crippen molar-refractivity contribution in [2.24, 2.45) is 0 Å². The minimum Gasteiger partial charge on any atom is -0.410 e. The molecule has 0 aliphatic carbocycles. The standard InChI is InChI=1S/C19H10Cl3NO2S/c20-11-1-5-14(6-2-11)25-19(24)23-15-9-12(21)3-7-17(15)26-18-8-4-13(22)10-16(18)23/h1-10H. The molecule has 0 saturated heterocycles. The van der Waals surface area contributed by atoms with E-state index in [1.165, 1.54) is 4.90 Å². The maximum atomic E-state index is 13.0. The second kappa shape index (κ2) is 7.05. The molecule has 4 rings (SSSR count). The SMILES string of the molecule is O=C(Oc1ccc(Cl)cc1)N1c2cc(Cl)ccc2Sc2ccc(Cl)cc21. The van der Waals surface area contributed by atoms with Crippen molar-refractivity contribution < 1.29 is 9.53 Å². The topological polar surface area (TPSA) is 29.5 Å². The van der Waals surface area contributed by atoms with E-state index in [0.29, 0.717) is 32.2 Å². The summed E-state index contributed by atoms with van der Waals surface area (Å²) in [4.78, 5) is 16.3. The summed E-state index contributed by atoms with van der Waals surface area (Å²) >= 11 is 19.7. The summed E-state index contributed by atoms with van der Waals surface area (Å²) in [6, 6.07) is 17.4. The molecule has 0 fully saturated rings. The third-order valence-electron chi connectivity index (χ3n) is 3.75. The summed E-state index contributed by atoms with van der Waals surface area (Å²) in [6.07, 6.45) is -0.556. The van der Waals surface area contributed by atoms with Crippen molar-refractivity contribution in [3.63, 3.8) is 0 Å². The zero-order valence-corrected chi connectivity index (χ0v) is 16.2. The van der Waals surface area contributed by atoms with Crippen LogP contribution in [0.4, 0.5) is 16.2 Å². The molecule has 1 amide bonds. The molecule has 1 heterocycles. The third kappa shape index (κ3) is 3.38. The molecule has 0 bridgehead atoms. The Balaban J connectivity index is 1.78. The van der Waals surface area contributed by atoms with Crippen molar-refractivity contribution in [1.29, 1.82) is 0 Å². The molecule has 3 nitrogen and oxygen atoms in total. The summed E-state index contributed by atoms with van der Waals surface area (Å²) in [7, 11) is 0. The maximum Gasteiger partial charge on any atom is 0.424 e. The number of amides is 1. The van der Waals surface area contributed by atoms with Crippen LogP contribution in [-0.2, 0) is 0 Å². The first-order valence-electron chi connectivity index (χ1n) is 7.56. The van der Waals surface area contributed by atoms with Gasteiger partial charge in [-0.3, -0.25) is 0 Å². The normalized spacial score (nSPS) is 12.3. The van der Waals surface area contributed by atoms with Crippen LogP contribution in [0, 0.1) is 0 Å². The summed E-state index contributed by atoms with van der Waals surface area (Å²) in [5, 5.41) is 1.62. The van der Waals surface area contributed by atoms with E-state index in [2.05, 4.69) is 0 Å². The quantitative estimate of drug-likeness (QED) is 0.408. The van der Waals surface area contributed by atoms with E-state index in [-0.39, 0.29) is 0 Å². The fourth-order valence-electron chi connectivity index (χ4n) is 2.60. The molecule has 26 heavy (non-hydrogen) atoms. The molecule has 1 aliphatic rings. The number of hydrogen-bond acceptors (Lipinski definition) is 3. The number of anilines is 2. The van der Waals surface area contributed by atoms with Crippen molar-refractivity contribution in [1.82, 2.24) is 0 Å². The molecular formula is C19H10Cl3NO2S. The Morgan fingerprint density at radius 1 is 0.769 bits per heavy atom. The largest absolute Gasteiger partial charge is 0.424 e. The molecule has 0 N–H and O–H groups in total. The molecule has 0 aromatic heterocycles. The lowest BCUT2D eigenvalue weighted by molar-refractivity contribution is 0.210. The fraction of sp³-hybridized carbons (Fsp3) is 0. The van der Waals surface area contributed by atoms with Crippen LogP contribution < -0.4 is 9.64 Å². The zero-order valence-electron chi connectivity index (χ0n) is 13.1. The van der Waals surface area contributed by atoms with Crippen LogP contribution in [-0.4, -0.2) is 6.09 Å². The van der Waals surface area contributed by atoms with Gasteiger partial charge in [0.2, 0.25) is 0 Å². The van der Waals surface area contributed by atoms with Gasteiger partial charge in [0.25, 0.3) is 0 Å². The molecule has 0 saturated carbocycles. The van der Waals surface area contributed by atoms with Gasteiger partial charge in [-0.2, -0.15) is 0 Å². The molecule has 3 aromatic carbocycles. The highest BCUT2D eigenvalue weighted by Crippen LogP contribution is 2.49. The smallest absolute Gasteiger partial charge is 0.410 e. The molecule has 0 atom stereocenters. The molecule has 3 aromatic rings. The number of rotatable bonds is 1. The molecule has 130 valence electrons. The average Bonchev–Trinajstić information content (AvgIpc) is 2.62. The molecular weight excluding hydrogens is 413 g/mol. The Morgan fingerprint density at radius 2 is 1.27 bits per heavy atom. The minimum atomic E-state index is -0.556. The summed E-state index contributed by atoms with van der Waals surface area (Å²) in [5.74, 6) is 0.393. The first-order valence-corrected chi connectivity index (χ1v) is 9.51. The van der Waals surface area contributed by atoms with Crippen molar-refractivity contribution in [2.75, 3.05) is 4.90 Å². The Hall–Kier alpha value is -1.85. The summed E-state index contributed by atoms with van der Waals surface area (Å²) in [5.41, 5.74) is 1.30. The second-order valence-corrected chi connectivity index (χ2v) is 7.88. The van der Waals surface area contributed by atoms with Crippen molar-refractivity contribution in [3.8, 4) is 5.75 Å². The van der Waals surface area contributed by atoms with Gasteiger partial charge >= 0.3 is 6.09 Å². The highest BCUT2D eigenvalue weighted by Gasteiger charge is 2.30. The Kier molecular flexibility index (Phi) is 4.76. The van der Waals surface area contributed by atoms with Crippen molar-refractivity contribution in [2.45, 2.75) is 9.79 Å². The van der Waals surface area contributed by atoms with E-state index < -0.39 is 6.09 Å². The van der Waals surface area contributed by atoms with Gasteiger partial charge in [-0.15, -0.1) is 0 Å². The maximum absolute atomic E-state index is 13.0. The zero-order chi connectivity index (χ0) is 18.3. The monoisotopic (exact) mass is 421 g/mol. The Labute approximate surface area is 169 Å². The number of halogens is 3. The van der Waals surface area contributed by atoms with Crippen LogP contribution >= 0.6 is 46.6 Å². The summed E-state index contributed by atoms with van der Waals surface area (Å²) in [6.45, 7) is 0. The van der Waals surface area contributed by atoms with Crippen molar-refractivity contribution in [3.05, 3.63) is 75.7 Å². The number of carbonyl (C=O) groups is 1. The Bertz CT molecular complexity index is 957. The molecule has 0 spiro atoms. The summed E-state index contributed by atoms with van der Waals surface area (Å²) < 4.78 is 5.54. The number of benzene rings is 3. The lowest BCUT2D eigenvalue weighted by Crippen LogP contribution is -2.31. The number of carbonyl (C=O) groups excluding carboxylic acids is 1. The van der Waals surface area contributed by atoms with Gasteiger partial charge in [-0.05, 0) is 60.7 Å². The van der Waals surface area contributed by atoms with Gasteiger partial charge in [-0.25, -0.2) is 9.69 Å². The van der Waals surface area contributed by atoms with Gasteiger partial charge in [0.15, 0.2) is 0 Å². The molecule has 0 unspecified atom stereocenters. The van der Waals surface area contributed by atoms with Gasteiger partial charge < -0.3 is 4.74 Å². The van der Waals surface area contributed by atoms with E-state index in [1.807, 2.05) is 12.1 Å². The highest BCUT2D eigenvalue weighted by molar-refractivity contribution is 7.99. The van der Waals surface area contributed by atoms with Crippen LogP contribution in [0.1, 0.15) is 0 Å². The third-order valence-corrected chi connectivity index (χ3v) is 5.60. The predicted molar refractivity (Wildman–Crippen MR) is 107 cm³/mol. The first kappa shape index (κ1) is 17.6. The molecule has 0 radical (unpaired) electrons. The van der Waals surface area contributed by atoms with Gasteiger partial charge in [0.1, 0.15) is 5.75 Å². The lowest BCUT2D eigenvalue weighted by atomic mass is 10.2. The van der Waals surface area contributed by atoms with E-state index in [1.54, 1.807) is 60.3 Å². The van der Waals surface area contributed by atoms with Crippen LogP contribution in [0.2, 0.25) is 15.1 Å². The van der Waals surface area contributed by atoms with E-state index in [9.17, 15) is 4.79 Å². The second-order valence-electron chi connectivity index (χ2n) is 5.48. The number of nitrogens with zero attached hydrogens (tertiary/aromatic N) is 1. The van der Waals surface area contributed by atoms with Gasteiger partial charge in [-0.1, -0.05) is 46.6 Å². The first-order chi connectivity index (χ1) is 12.5. The fourth-order valence-corrected chi connectivity index (χ4v) is 4.07. The number of hydrogen-bond donors (Lipinski definition) is 0. The molecule has 7 heteroatoms. The van der Waals surface area contributed by atoms with Crippen LogP contribution in [0.5, 0.6) is 5.75 Å². The minimum absolute atomic E-state index is 0.393. The van der Waals surface area contributed by atoms with Gasteiger partial charge in [0, 0.05) is 24.9 Å². The van der Waals surface area contributed by atoms with E-state index in [0.717, 1.165) is 9.79 Å². The van der Waals surface area contributed by atoms with Gasteiger partial charge in [0.05, 0.1) is 11.4 Å². The number of fused-ring (bicyclic) bond motifs is 2. The Morgan fingerprint density at radius 3 is 1.81 bits per heavy atom. The number of ether oxygens (including phenoxy) is 1. The van der Waals surface area contributed by atoms with Crippen LogP contribution in [0.15, 0.2) is 70.5 Å². The van der Waals surface area contributed by atoms with E-state index in [4.69, 9.17) is 39.5 Å². The highest BCUT2D eigenvalue weighted by atomic mass is 35.5. The predicted octanol–water partition coefficient (Wildman–Crippen LogP) is 7.45. The van der Waals surface area contributed by atoms with E-state index >= 15 is 0 Å². The lowest BCUT2D eigenvalue weighted by Gasteiger charge is -2.30. The van der Waals surface area contributed by atoms with Crippen LogP contribution in [0.25, 0.3) is 0 Å².